The summed E-state index contributed by atoms with van der Waals surface area (Å²) in [6.07, 6.45) is -3.54. The minimum absolute atomic E-state index is 0.147. The highest BCUT2D eigenvalue weighted by atomic mass is 19.4. The van der Waals surface area contributed by atoms with Crippen molar-refractivity contribution in [1.29, 1.82) is 0 Å². The van der Waals surface area contributed by atoms with E-state index < -0.39 is 24.1 Å². The highest BCUT2D eigenvalue weighted by Crippen LogP contribution is 2.19. The van der Waals surface area contributed by atoms with Gasteiger partial charge in [-0.15, -0.1) is 0 Å². The lowest BCUT2D eigenvalue weighted by molar-refractivity contribution is -0.188. The molecule has 1 atom stereocenters. The second-order valence-electron chi connectivity index (χ2n) is 3.61. The number of amides is 1. The summed E-state index contributed by atoms with van der Waals surface area (Å²) in [7, 11) is 0.918. The second-order valence-corrected chi connectivity index (χ2v) is 3.61. The zero-order valence-electron chi connectivity index (χ0n) is 10.0. The van der Waals surface area contributed by atoms with Crippen LogP contribution in [0.4, 0.5) is 13.2 Å². The molecule has 4 nitrogen and oxygen atoms in total. The maximum atomic E-state index is 12.1. The van der Waals surface area contributed by atoms with Crippen LogP contribution in [0.1, 0.15) is 26.7 Å². The molecule has 100 valence electrons. The van der Waals surface area contributed by atoms with Gasteiger partial charge in [0.25, 0.3) is 0 Å². The van der Waals surface area contributed by atoms with Gasteiger partial charge in [-0.05, 0) is 13.3 Å². The van der Waals surface area contributed by atoms with E-state index in [9.17, 15) is 22.8 Å². The largest absolute Gasteiger partial charge is 0.471 e. The van der Waals surface area contributed by atoms with E-state index in [2.05, 4.69) is 0 Å². The van der Waals surface area contributed by atoms with E-state index in [-0.39, 0.29) is 6.61 Å². The fraction of sp³-hybridized carbons (Fsp3) is 0.800. The van der Waals surface area contributed by atoms with Gasteiger partial charge in [-0.25, -0.2) is 4.79 Å². The van der Waals surface area contributed by atoms with Crippen LogP contribution in [0.5, 0.6) is 0 Å². The van der Waals surface area contributed by atoms with E-state index in [0.29, 0.717) is 11.3 Å². The summed E-state index contributed by atoms with van der Waals surface area (Å²) in [5.74, 6) is -2.89. The van der Waals surface area contributed by atoms with E-state index in [1.54, 1.807) is 0 Å². The van der Waals surface area contributed by atoms with E-state index >= 15 is 0 Å². The average molecular weight is 255 g/mol. The monoisotopic (exact) mass is 255 g/mol. The molecule has 0 saturated heterocycles. The Kier molecular flexibility index (Phi) is 5.98. The van der Waals surface area contributed by atoms with E-state index in [4.69, 9.17) is 4.74 Å². The van der Waals surface area contributed by atoms with Gasteiger partial charge in [0.05, 0.1) is 6.61 Å². The van der Waals surface area contributed by atoms with Crippen molar-refractivity contribution in [2.45, 2.75) is 38.9 Å². The molecule has 0 radical (unpaired) electrons. The van der Waals surface area contributed by atoms with Gasteiger partial charge in [-0.3, -0.25) is 4.79 Å². The number of likely N-dealkylation sites (N-methyl/N-ethyl adjacent to an activating group) is 1. The molecule has 17 heavy (non-hydrogen) atoms. The van der Waals surface area contributed by atoms with E-state index in [0.717, 1.165) is 13.5 Å². The molecule has 0 aromatic heterocycles. The van der Waals surface area contributed by atoms with Gasteiger partial charge in [0.1, 0.15) is 6.04 Å². The number of carbonyl (C=O) groups excluding carboxylic acids is 2. The lowest BCUT2D eigenvalue weighted by Crippen LogP contribution is -2.47. The van der Waals surface area contributed by atoms with Crippen molar-refractivity contribution >= 4 is 11.9 Å². The fourth-order valence-electron chi connectivity index (χ4n) is 0.972. The predicted molar refractivity (Wildman–Crippen MR) is 54.2 cm³/mol. The molecule has 1 amide bonds. The quantitative estimate of drug-likeness (QED) is 0.555. The summed E-state index contributed by atoms with van der Waals surface area (Å²) < 4.78 is 41.0. The van der Waals surface area contributed by atoms with Crippen LogP contribution in [0.3, 0.4) is 0 Å². The first-order chi connectivity index (χ1) is 7.71. The van der Waals surface area contributed by atoms with Gasteiger partial charge >= 0.3 is 18.1 Å². The standard InChI is InChI=1S/C10H16F3NO3/c1-4-5-6-17-8(15)7(2)14(3)9(16)10(11,12)13/h7H,4-6H2,1-3H3/t7-/m0/s1. The first kappa shape index (κ1) is 15.7. The van der Waals surface area contributed by atoms with Crippen LogP contribution >= 0.6 is 0 Å². The van der Waals surface area contributed by atoms with Gasteiger partial charge in [0, 0.05) is 7.05 Å². The van der Waals surface area contributed by atoms with Crippen molar-refractivity contribution in [1.82, 2.24) is 4.90 Å². The number of ether oxygens (including phenoxy) is 1. The highest BCUT2D eigenvalue weighted by Gasteiger charge is 2.43. The molecule has 0 heterocycles. The molecule has 0 unspecified atom stereocenters. The minimum Gasteiger partial charge on any atom is -0.464 e. The zero-order chi connectivity index (χ0) is 13.6. The summed E-state index contributed by atoms with van der Waals surface area (Å²) in [5, 5.41) is 0. The van der Waals surface area contributed by atoms with Crippen LogP contribution in [0.15, 0.2) is 0 Å². The second kappa shape index (κ2) is 6.46. The van der Waals surface area contributed by atoms with E-state index in [1.165, 1.54) is 6.92 Å². The van der Waals surface area contributed by atoms with Crippen LogP contribution in [0.2, 0.25) is 0 Å². The molecule has 0 saturated carbocycles. The molecular formula is C10H16F3NO3. The Labute approximate surface area is 97.7 Å². The molecule has 0 fully saturated rings. The third-order valence-electron chi connectivity index (χ3n) is 2.23. The summed E-state index contributed by atoms with van der Waals surface area (Å²) in [4.78, 5) is 22.5. The van der Waals surface area contributed by atoms with Gasteiger partial charge in [-0.1, -0.05) is 13.3 Å². The SMILES string of the molecule is CCCCOC(=O)[C@H](C)N(C)C(=O)C(F)(F)F. The van der Waals surface area contributed by atoms with Crippen LogP contribution in [0.25, 0.3) is 0 Å². The van der Waals surface area contributed by atoms with Crippen molar-refractivity contribution in [2.75, 3.05) is 13.7 Å². The number of hydrogen-bond acceptors (Lipinski definition) is 3. The van der Waals surface area contributed by atoms with Gasteiger partial charge in [-0.2, -0.15) is 13.2 Å². The Bertz CT molecular complexity index is 278. The number of nitrogens with zero attached hydrogens (tertiary/aromatic N) is 1. The number of carbonyl (C=O) groups is 2. The molecule has 0 aliphatic heterocycles. The van der Waals surface area contributed by atoms with Crippen molar-refractivity contribution < 1.29 is 27.5 Å². The number of alkyl halides is 3. The smallest absolute Gasteiger partial charge is 0.464 e. The third-order valence-corrected chi connectivity index (χ3v) is 2.23. The van der Waals surface area contributed by atoms with Crippen LogP contribution in [-0.4, -0.2) is 42.6 Å². The Morgan fingerprint density at radius 2 is 1.88 bits per heavy atom. The van der Waals surface area contributed by atoms with Crippen LogP contribution in [0, 0.1) is 0 Å². The van der Waals surface area contributed by atoms with Gasteiger partial charge in [0.2, 0.25) is 0 Å². The fourth-order valence-corrected chi connectivity index (χ4v) is 0.972. The molecule has 0 aliphatic carbocycles. The van der Waals surface area contributed by atoms with E-state index in [1.807, 2.05) is 6.92 Å². The summed E-state index contributed by atoms with van der Waals surface area (Å²) >= 11 is 0. The molecule has 0 aliphatic rings. The molecule has 0 aromatic carbocycles. The normalized spacial score (nSPS) is 13.1. The zero-order valence-corrected chi connectivity index (χ0v) is 10.0. The summed E-state index contributed by atoms with van der Waals surface area (Å²) in [5.41, 5.74) is 0. The first-order valence-corrected chi connectivity index (χ1v) is 5.22. The molecule has 0 spiro atoms. The maximum Gasteiger partial charge on any atom is 0.471 e. The lowest BCUT2D eigenvalue weighted by Gasteiger charge is -2.24. The van der Waals surface area contributed by atoms with Crippen molar-refractivity contribution in [2.24, 2.45) is 0 Å². The number of rotatable bonds is 5. The minimum atomic E-state index is -4.98. The Balaban J connectivity index is 4.34. The Hall–Kier alpha value is -1.27. The number of halogens is 3. The van der Waals surface area contributed by atoms with Crippen LogP contribution < -0.4 is 0 Å². The molecule has 0 bridgehead atoms. The molecule has 0 rings (SSSR count). The lowest BCUT2D eigenvalue weighted by atomic mass is 10.3. The summed E-state index contributed by atoms with van der Waals surface area (Å²) in [6, 6.07) is -1.25. The van der Waals surface area contributed by atoms with Gasteiger partial charge < -0.3 is 9.64 Å². The van der Waals surface area contributed by atoms with Crippen molar-refractivity contribution in [3.63, 3.8) is 0 Å². The van der Waals surface area contributed by atoms with Gasteiger partial charge in [0.15, 0.2) is 0 Å². The number of esters is 1. The van der Waals surface area contributed by atoms with Crippen molar-refractivity contribution in [3.05, 3.63) is 0 Å². The maximum absolute atomic E-state index is 12.1. The van der Waals surface area contributed by atoms with Crippen molar-refractivity contribution in [3.8, 4) is 0 Å². The average Bonchev–Trinajstić information content (AvgIpc) is 2.25. The Morgan fingerprint density at radius 3 is 2.29 bits per heavy atom. The molecule has 7 heteroatoms. The molecule has 0 N–H and O–H groups in total. The van der Waals surface area contributed by atoms with Crippen LogP contribution in [-0.2, 0) is 14.3 Å². The first-order valence-electron chi connectivity index (χ1n) is 5.22. The molecule has 0 aromatic rings. The Morgan fingerprint density at radius 1 is 1.35 bits per heavy atom. The number of unbranched alkanes of at least 4 members (excludes halogenated alkanes) is 1. The topological polar surface area (TPSA) is 46.6 Å². The number of hydrogen-bond donors (Lipinski definition) is 0. The predicted octanol–water partition coefficient (Wildman–Crippen LogP) is 1.74. The summed E-state index contributed by atoms with van der Waals surface area (Å²) in [6.45, 7) is 3.22. The highest BCUT2D eigenvalue weighted by molar-refractivity contribution is 5.87. The third kappa shape index (κ3) is 5.06. The molecular weight excluding hydrogens is 239 g/mol.